The van der Waals surface area contributed by atoms with E-state index < -0.39 is 0 Å². The van der Waals surface area contributed by atoms with Crippen molar-refractivity contribution in [3.63, 3.8) is 0 Å². The van der Waals surface area contributed by atoms with Crippen LogP contribution in [0.15, 0.2) is 18.2 Å². The van der Waals surface area contributed by atoms with E-state index in [1.54, 1.807) is 14.2 Å². The van der Waals surface area contributed by atoms with E-state index in [2.05, 4.69) is 40.2 Å². The molecular formula is C23H34N4O3. The third kappa shape index (κ3) is 4.47. The second-order valence-corrected chi connectivity index (χ2v) is 9.08. The van der Waals surface area contributed by atoms with Gasteiger partial charge in [-0.15, -0.1) is 0 Å². The van der Waals surface area contributed by atoms with E-state index >= 15 is 0 Å². The monoisotopic (exact) mass is 414 g/mol. The number of imide groups is 1. The molecule has 164 valence electrons. The Morgan fingerprint density at radius 1 is 1.17 bits per heavy atom. The molecular weight excluding hydrogens is 380 g/mol. The first-order valence-corrected chi connectivity index (χ1v) is 11.1. The van der Waals surface area contributed by atoms with Gasteiger partial charge in [0.1, 0.15) is 5.75 Å². The lowest BCUT2D eigenvalue weighted by atomic mass is 10.1. The maximum absolute atomic E-state index is 12.2. The van der Waals surface area contributed by atoms with Crippen molar-refractivity contribution in [1.82, 2.24) is 15.1 Å². The van der Waals surface area contributed by atoms with Crippen molar-refractivity contribution in [2.24, 2.45) is 0 Å². The molecule has 7 nitrogen and oxygen atoms in total. The number of likely N-dealkylation sites (tertiary alicyclic amines) is 1. The largest absolute Gasteiger partial charge is 0.495 e. The molecule has 1 atom stereocenters. The maximum Gasteiger partial charge on any atom is 0.246 e. The highest BCUT2D eigenvalue weighted by Crippen LogP contribution is 2.41. The number of benzene rings is 1. The molecule has 2 saturated heterocycles. The van der Waals surface area contributed by atoms with E-state index in [1.165, 1.54) is 16.2 Å². The maximum atomic E-state index is 12.2. The molecule has 2 amide bonds. The number of anilines is 1. The van der Waals surface area contributed by atoms with Gasteiger partial charge in [0.25, 0.3) is 0 Å². The van der Waals surface area contributed by atoms with E-state index in [4.69, 9.17) is 4.74 Å². The molecule has 0 bridgehead atoms. The number of amides is 2. The first-order chi connectivity index (χ1) is 14.4. The van der Waals surface area contributed by atoms with Crippen molar-refractivity contribution in [1.29, 1.82) is 0 Å². The minimum Gasteiger partial charge on any atom is -0.495 e. The molecule has 30 heavy (non-hydrogen) atoms. The number of carbonyl (C=O) groups is 2. The van der Waals surface area contributed by atoms with Crippen LogP contribution in [0.4, 0.5) is 5.69 Å². The fourth-order valence-electron chi connectivity index (χ4n) is 4.76. The van der Waals surface area contributed by atoms with Crippen LogP contribution in [0, 0.1) is 6.92 Å². The lowest BCUT2D eigenvalue weighted by Crippen LogP contribution is -2.47. The number of piperazine rings is 1. The van der Waals surface area contributed by atoms with Crippen LogP contribution in [0.25, 0.3) is 0 Å². The fraction of sp³-hybridized carbons (Fsp3) is 0.652. The van der Waals surface area contributed by atoms with Crippen LogP contribution in [0.5, 0.6) is 5.75 Å². The zero-order valence-corrected chi connectivity index (χ0v) is 18.4. The van der Waals surface area contributed by atoms with E-state index in [9.17, 15) is 9.59 Å². The molecule has 1 N–H and O–H groups in total. The Morgan fingerprint density at radius 3 is 2.50 bits per heavy atom. The number of aryl methyl sites for hydroxylation is 1. The first kappa shape index (κ1) is 21.1. The molecule has 1 aromatic carbocycles. The smallest absolute Gasteiger partial charge is 0.246 e. The zero-order chi connectivity index (χ0) is 21.3. The number of ether oxygens (including phenoxy) is 1. The lowest BCUT2D eigenvalue weighted by Gasteiger charge is -2.37. The summed E-state index contributed by atoms with van der Waals surface area (Å²) >= 11 is 0. The summed E-state index contributed by atoms with van der Waals surface area (Å²) < 4.78 is 5.55. The number of likely N-dealkylation sites (N-methyl/N-ethyl adjacent to an activating group) is 1. The molecule has 0 radical (unpaired) electrons. The zero-order valence-electron chi connectivity index (χ0n) is 18.4. The number of hydrogen-bond acceptors (Lipinski definition) is 6. The Balaban J connectivity index is 1.22. The standard InChI is InChI=1S/C23H34N4O3/c1-17-5-6-20(30-3)19(15-17)27-13-11-26(12-14-27)10-4-7-23(8-9-23)24-18-16-21(28)25(2)22(18)29/h5-6,15,18,24H,4,7-14,16H2,1-3H3. The van der Waals surface area contributed by atoms with E-state index in [1.807, 2.05) is 0 Å². The van der Waals surface area contributed by atoms with Crippen molar-refractivity contribution in [2.45, 2.75) is 50.6 Å². The third-order valence-electron chi connectivity index (χ3n) is 6.89. The highest BCUT2D eigenvalue weighted by Gasteiger charge is 2.47. The topological polar surface area (TPSA) is 65.1 Å². The van der Waals surface area contributed by atoms with Gasteiger partial charge in [-0.3, -0.25) is 24.7 Å². The van der Waals surface area contributed by atoms with Crippen molar-refractivity contribution in [3.05, 3.63) is 23.8 Å². The summed E-state index contributed by atoms with van der Waals surface area (Å²) in [4.78, 5) is 30.2. The second-order valence-electron chi connectivity index (χ2n) is 9.08. The van der Waals surface area contributed by atoms with Gasteiger partial charge in [-0.2, -0.15) is 0 Å². The van der Waals surface area contributed by atoms with Gasteiger partial charge in [-0.05, 0) is 56.8 Å². The molecule has 1 aromatic rings. The Kier molecular flexibility index (Phi) is 6.02. The minimum absolute atomic E-state index is 0.0720. The van der Waals surface area contributed by atoms with E-state index in [0.717, 1.165) is 64.2 Å². The quantitative estimate of drug-likeness (QED) is 0.655. The Labute approximate surface area is 179 Å². The van der Waals surface area contributed by atoms with Gasteiger partial charge in [0, 0.05) is 38.8 Å². The summed E-state index contributed by atoms with van der Waals surface area (Å²) in [7, 11) is 3.32. The first-order valence-electron chi connectivity index (χ1n) is 11.1. The number of rotatable bonds is 8. The van der Waals surface area contributed by atoms with Crippen LogP contribution in [0.1, 0.15) is 37.7 Å². The number of hydrogen-bond donors (Lipinski definition) is 1. The van der Waals surface area contributed by atoms with E-state index in [0.29, 0.717) is 6.42 Å². The summed E-state index contributed by atoms with van der Waals surface area (Å²) in [6, 6.07) is 6.04. The van der Waals surface area contributed by atoms with Gasteiger partial charge in [-0.25, -0.2) is 0 Å². The Morgan fingerprint density at radius 2 is 1.90 bits per heavy atom. The van der Waals surface area contributed by atoms with Crippen LogP contribution >= 0.6 is 0 Å². The normalized spacial score (nSPS) is 23.9. The fourth-order valence-corrected chi connectivity index (χ4v) is 4.76. The molecule has 3 fully saturated rings. The summed E-state index contributed by atoms with van der Waals surface area (Å²) in [5.74, 6) is 0.798. The summed E-state index contributed by atoms with van der Waals surface area (Å²) in [5, 5.41) is 3.51. The predicted octanol–water partition coefficient (Wildman–Crippen LogP) is 1.79. The van der Waals surface area contributed by atoms with Crippen molar-refractivity contribution in [3.8, 4) is 5.75 Å². The van der Waals surface area contributed by atoms with Crippen LogP contribution < -0.4 is 15.0 Å². The number of nitrogens with zero attached hydrogens (tertiary/aromatic N) is 3. The molecule has 2 heterocycles. The van der Waals surface area contributed by atoms with Crippen molar-refractivity contribution in [2.75, 3.05) is 51.8 Å². The van der Waals surface area contributed by atoms with Crippen LogP contribution in [0.3, 0.4) is 0 Å². The molecule has 1 aliphatic carbocycles. The van der Waals surface area contributed by atoms with E-state index in [-0.39, 0.29) is 23.4 Å². The second kappa shape index (κ2) is 8.55. The molecule has 3 aliphatic rings. The summed E-state index contributed by atoms with van der Waals surface area (Å²) in [5.41, 5.74) is 2.52. The molecule has 0 aromatic heterocycles. The molecule has 2 aliphatic heterocycles. The van der Waals surface area contributed by atoms with Crippen molar-refractivity contribution < 1.29 is 14.3 Å². The molecule has 7 heteroatoms. The average molecular weight is 415 g/mol. The molecule has 1 unspecified atom stereocenters. The minimum atomic E-state index is -0.321. The summed E-state index contributed by atoms with van der Waals surface area (Å²) in [6.45, 7) is 7.33. The molecule has 0 spiro atoms. The van der Waals surface area contributed by atoms with Gasteiger partial charge in [-0.1, -0.05) is 6.07 Å². The van der Waals surface area contributed by atoms with Crippen LogP contribution in [-0.4, -0.2) is 80.1 Å². The molecule has 1 saturated carbocycles. The predicted molar refractivity (Wildman–Crippen MR) is 117 cm³/mol. The average Bonchev–Trinajstić information content (AvgIpc) is 3.47. The van der Waals surface area contributed by atoms with Crippen molar-refractivity contribution >= 4 is 17.5 Å². The highest BCUT2D eigenvalue weighted by molar-refractivity contribution is 6.05. The lowest BCUT2D eigenvalue weighted by molar-refractivity contribution is -0.137. The third-order valence-corrected chi connectivity index (χ3v) is 6.89. The van der Waals surface area contributed by atoms with Gasteiger partial charge in [0.2, 0.25) is 11.8 Å². The highest BCUT2D eigenvalue weighted by atomic mass is 16.5. The SMILES string of the molecule is COc1ccc(C)cc1N1CCN(CCCC2(NC3CC(=O)N(C)C3=O)CC2)CC1. The van der Waals surface area contributed by atoms with Gasteiger partial charge in [0.05, 0.1) is 25.3 Å². The van der Waals surface area contributed by atoms with Crippen LogP contribution in [0.2, 0.25) is 0 Å². The summed E-state index contributed by atoms with van der Waals surface area (Å²) in [6.07, 6.45) is 4.71. The Hall–Kier alpha value is -2.12. The number of nitrogens with one attached hydrogen (secondary N) is 1. The number of methoxy groups -OCH3 is 1. The number of carbonyl (C=O) groups excluding carboxylic acids is 2. The van der Waals surface area contributed by atoms with Crippen LogP contribution in [-0.2, 0) is 9.59 Å². The van der Waals surface area contributed by atoms with Gasteiger partial charge >= 0.3 is 0 Å². The van der Waals surface area contributed by atoms with Gasteiger partial charge in [0.15, 0.2) is 0 Å². The Bertz CT molecular complexity index is 800. The molecule has 4 rings (SSSR count). The van der Waals surface area contributed by atoms with Gasteiger partial charge < -0.3 is 9.64 Å².